The zero-order valence-electron chi connectivity index (χ0n) is 9.36. The highest BCUT2D eigenvalue weighted by atomic mass is 35.5. The molecule has 0 bridgehead atoms. The molecule has 0 radical (unpaired) electrons. The van der Waals surface area contributed by atoms with E-state index in [9.17, 15) is 9.59 Å². The molecule has 1 saturated heterocycles. The van der Waals surface area contributed by atoms with Crippen molar-refractivity contribution in [2.75, 3.05) is 13.1 Å². The van der Waals surface area contributed by atoms with Crippen LogP contribution < -0.4 is 16.2 Å². The van der Waals surface area contributed by atoms with Gasteiger partial charge in [0.2, 0.25) is 5.56 Å². The van der Waals surface area contributed by atoms with Crippen molar-refractivity contribution in [3.05, 3.63) is 34.2 Å². The van der Waals surface area contributed by atoms with Gasteiger partial charge in [-0.2, -0.15) is 0 Å². The highest BCUT2D eigenvalue weighted by Gasteiger charge is 2.16. The topological polar surface area (TPSA) is 74.0 Å². The summed E-state index contributed by atoms with van der Waals surface area (Å²) in [5.41, 5.74) is 0.156. The van der Waals surface area contributed by atoms with Gasteiger partial charge in [-0.05, 0) is 25.5 Å². The molecule has 1 amide bonds. The number of amides is 1. The molecule has 1 atom stereocenters. The Labute approximate surface area is 105 Å². The number of pyridine rings is 1. The molecule has 5 nitrogen and oxygen atoms in total. The number of piperidine rings is 1. The fourth-order valence-corrected chi connectivity index (χ4v) is 1.83. The maximum Gasteiger partial charge on any atom is 0.251 e. The number of hydrogen-bond acceptors (Lipinski definition) is 3. The van der Waals surface area contributed by atoms with Crippen LogP contribution >= 0.6 is 12.4 Å². The normalized spacial score (nSPS) is 19.2. The lowest BCUT2D eigenvalue weighted by molar-refractivity contribution is 0.0930. The Morgan fingerprint density at radius 3 is 2.94 bits per heavy atom. The van der Waals surface area contributed by atoms with Crippen LogP contribution in [0.4, 0.5) is 0 Å². The van der Waals surface area contributed by atoms with Gasteiger partial charge >= 0.3 is 0 Å². The van der Waals surface area contributed by atoms with Crippen LogP contribution in [0.2, 0.25) is 0 Å². The van der Waals surface area contributed by atoms with Gasteiger partial charge in [-0.1, -0.05) is 0 Å². The monoisotopic (exact) mass is 257 g/mol. The van der Waals surface area contributed by atoms with Gasteiger partial charge in [-0.25, -0.2) is 0 Å². The number of nitrogens with one attached hydrogen (secondary N) is 3. The van der Waals surface area contributed by atoms with Crippen molar-refractivity contribution in [2.24, 2.45) is 0 Å². The fraction of sp³-hybridized carbons (Fsp3) is 0.455. The first-order valence-electron chi connectivity index (χ1n) is 5.46. The summed E-state index contributed by atoms with van der Waals surface area (Å²) < 4.78 is 0. The molecule has 1 aliphatic heterocycles. The van der Waals surface area contributed by atoms with E-state index in [0.717, 1.165) is 25.9 Å². The molecule has 0 aliphatic carbocycles. The molecule has 2 heterocycles. The lowest BCUT2D eigenvalue weighted by Crippen LogP contribution is -2.45. The lowest BCUT2D eigenvalue weighted by atomic mass is 10.1. The summed E-state index contributed by atoms with van der Waals surface area (Å²) in [7, 11) is 0. The van der Waals surface area contributed by atoms with Crippen LogP contribution in [0.1, 0.15) is 23.2 Å². The van der Waals surface area contributed by atoms with Crippen molar-refractivity contribution in [1.29, 1.82) is 0 Å². The molecule has 3 N–H and O–H groups in total. The van der Waals surface area contributed by atoms with Crippen LogP contribution in [0.5, 0.6) is 0 Å². The maximum absolute atomic E-state index is 11.8. The smallest absolute Gasteiger partial charge is 0.251 e. The number of H-pyrrole nitrogens is 1. The molecule has 1 aromatic rings. The molecule has 0 spiro atoms. The van der Waals surface area contributed by atoms with Crippen LogP contribution in [0.15, 0.2) is 23.1 Å². The summed E-state index contributed by atoms with van der Waals surface area (Å²) >= 11 is 0. The minimum Gasteiger partial charge on any atom is -0.348 e. The second-order valence-electron chi connectivity index (χ2n) is 3.96. The number of hydrogen-bond donors (Lipinski definition) is 3. The molecule has 6 heteroatoms. The first kappa shape index (κ1) is 13.7. The van der Waals surface area contributed by atoms with Gasteiger partial charge in [0.05, 0.1) is 0 Å². The molecule has 2 rings (SSSR count). The largest absolute Gasteiger partial charge is 0.348 e. The number of rotatable bonds is 2. The highest BCUT2D eigenvalue weighted by Crippen LogP contribution is 2.02. The Morgan fingerprint density at radius 2 is 2.29 bits per heavy atom. The SMILES string of the molecule is Cl.O=C(N[C@@H]1CCCNC1)c1cc[nH]c(=O)c1. The predicted molar refractivity (Wildman–Crippen MR) is 67.7 cm³/mol. The van der Waals surface area contributed by atoms with Gasteiger partial charge in [0, 0.05) is 30.4 Å². The maximum atomic E-state index is 11.8. The van der Waals surface area contributed by atoms with Crippen molar-refractivity contribution in [3.63, 3.8) is 0 Å². The van der Waals surface area contributed by atoms with Crippen LogP contribution in [0.25, 0.3) is 0 Å². The Balaban J connectivity index is 0.00000144. The molecule has 0 aromatic carbocycles. The molecular weight excluding hydrogens is 242 g/mol. The number of carbonyl (C=O) groups excluding carboxylic acids is 1. The molecule has 0 unspecified atom stereocenters. The van der Waals surface area contributed by atoms with Gasteiger partial charge < -0.3 is 15.6 Å². The summed E-state index contributed by atoms with van der Waals surface area (Å²) in [4.78, 5) is 25.3. The average molecular weight is 258 g/mol. The lowest BCUT2D eigenvalue weighted by Gasteiger charge is -2.23. The van der Waals surface area contributed by atoms with Crippen molar-refractivity contribution in [2.45, 2.75) is 18.9 Å². The Bertz CT molecular complexity index is 427. The van der Waals surface area contributed by atoms with E-state index in [2.05, 4.69) is 15.6 Å². The van der Waals surface area contributed by atoms with E-state index in [1.807, 2.05) is 0 Å². The van der Waals surface area contributed by atoms with E-state index < -0.39 is 0 Å². The van der Waals surface area contributed by atoms with Gasteiger partial charge in [0.15, 0.2) is 0 Å². The first-order valence-corrected chi connectivity index (χ1v) is 5.46. The molecule has 1 aliphatic rings. The number of carbonyl (C=O) groups is 1. The standard InChI is InChI=1S/C11H15N3O2.ClH/c15-10-6-8(3-5-13-10)11(16)14-9-2-1-4-12-7-9;/h3,5-6,9,12H,1-2,4,7H2,(H,13,15)(H,14,16);1H/t9-;/m1./s1. The minimum absolute atomic E-state index is 0. The molecule has 94 valence electrons. The Morgan fingerprint density at radius 1 is 1.47 bits per heavy atom. The zero-order chi connectivity index (χ0) is 11.4. The van der Waals surface area contributed by atoms with Gasteiger partial charge in [0.25, 0.3) is 5.91 Å². The van der Waals surface area contributed by atoms with E-state index in [4.69, 9.17) is 0 Å². The third-order valence-electron chi connectivity index (χ3n) is 2.67. The summed E-state index contributed by atoms with van der Waals surface area (Å²) in [5.74, 6) is -0.181. The first-order chi connectivity index (χ1) is 7.75. The summed E-state index contributed by atoms with van der Waals surface area (Å²) in [5, 5.41) is 6.13. The highest BCUT2D eigenvalue weighted by molar-refractivity contribution is 5.94. The van der Waals surface area contributed by atoms with E-state index in [1.54, 1.807) is 6.07 Å². The third-order valence-corrected chi connectivity index (χ3v) is 2.67. The van der Waals surface area contributed by atoms with E-state index >= 15 is 0 Å². The second kappa shape index (κ2) is 6.42. The molecule has 1 fully saturated rings. The third kappa shape index (κ3) is 3.87. The van der Waals surface area contributed by atoms with Gasteiger partial charge in [-0.3, -0.25) is 9.59 Å². The Hall–Kier alpha value is -1.33. The predicted octanol–water partition coefficient (Wildman–Crippen LogP) is 0.279. The quantitative estimate of drug-likeness (QED) is 0.713. The molecule has 1 aromatic heterocycles. The van der Waals surface area contributed by atoms with Crippen molar-refractivity contribution in [3.8, 4) is 0 Å². The van der Waals surface area contributed by atoms with Crippen LogP contribution in [0.3, 0.4) is 0 Å². The Kier molecular flexibility index (Phi) is 5.18. The number of aromatic nitrogens is 1. The van der Waals surface area contributed by atoms with E-state index in [1.165, 1.54) is 12.3 Å². The molecule has 0 saturated carbocycles. The van der Waals surface area contributed by atoms with Gasteiger partial charge in [-0.15, -0.1) is 12.4 Å². The summed E-state index contributed by atoms with van der Waals surface area (Å²) in [6.07, 6.45) is 3.54. The van der Waals surface area contributed by atoms with Crippen LogP contribution in [-0.2, 0) is 0 Å². The number of halogens is 1. The second-order valence-corrected chi connectivity index (χ2v) is 3.96. The van der Waals surface area contributed by atoms with Crippen molar-refractivity contribution < 1.29 is 4.79 Å². The van der Waals surface area contributed by atoms with Crippen molar-refractivity contribution in [1.82, 2.24) is 15.6 Å². The average Bonchev–Trinajstić information content (AvgIpc) is 2.30. The molecule has 17 heavy (non-hydrogen) atoms. The van der Waals surface area contributed by atoms with Crippen LogP contribution in [0, 0.1) is 0 Å². The van der Waals surface area contributed by atoms with E-state index in [0.29, 0.717) is 5.56 Å². The molecular formula is C11H16ClN3O2. The van der Waals surface area contributed by atoms with Gasteiger partial charge in [0.1, 0.15) is 0 Å². The van der Waals surface area contributed by atoms with Crippen LogP contribution in [-0.4, -0.2) is 30.0 Å². The zero-order valence-corrected chi connectivity index (χ0v) is 10.2. The summed E-state index contributed by atoms with van der Waals surface area (Å²) in [6.45, 7) is 1.81. The minimum atomic E-state index is -0.255. The fourth-order valence-electron chi connectivity index (χ4n) is 1.83. The van der Waals surface area contributed by atoms with E-state index in [-0.39, 0.29) is 29.9 Å². The summed E-state index contributed by atoms with van der Waals surface area (Å²) in [6, 6.07) is 3.08. The van der Waals surface area contributed by atoms with Crippen molar-refractivity contribution >= 4 is 18.3 Å². The number of aromatic amines is 1.